The number of rotatable bonds is 5. The third-order valence-electron chi connectivity index (χ3n) is 1.80. The normalized spacial score (nSPS) is 10.1. The van der Waals surface area contributed by atoms with E-state index in [-0.39, 0.29) is 5.82 Å². The van der Waals surface area contributed by atoms with Crippen LogP contribution in [0.25, 0.3) is 0 Å². The lowest BCUT2D eigenvalue weighted by molar-refractivity contribution is 0.394. The molecule has 0 aliphatic carbocycles. The van der Waals surface area contributed by atoms with Gasteiger partial charge in [-0.1, -0.05) is 6.58 Å². The van der Waals surface area contributed by atoms with E-state index < -0.39 is 0 Å². The summed E-state index contributed by atoms with van der Waals surface area (Å²) in [4.78, 5) is 0. The van der Waals surface area contributed by atoms with Crippen LogP contribution in [0.3, 0.4) is 0 Å². The van der Waals surface area contributed by atoms with Gasteiger partial charge in [-0.3, -0.25) is 5.43 Å². The Hall–Kier alpha value is -2.17. The van der Waals surface area contributed by atoms with Crippen molar-refractivity contribution in [2.45, 2.75) is 0 Å². The van der Waals surface area contributed by atoms with Crippen LogP contribution in [0.1, 0.15) is 5.56 Å². The summed E-state index contributed by atoms with van der Waals surface area (Å²) in [6.07, 6.45) is 1.60. The van der Waals surface area contributed by atoms with Crippen molar-refractivity contribution in [3.05, 3.63) is 36.2 Å². The molecule has 3 N–H and O–H groups in total. The predicted molar refractivity (Wildman–Crippen MR) is 63.6 cm³/mol. The Balaban J connectivity index is 2.86. The van der Waals surface area contributed by atoms with E-state index in [1.165, 1.54) is 0 Å². The highest BCUT2D eigenvalue weighted by molar-refractivity contribution is 5.81. The lowest BCUT2D eigenvalue weighted by Gasteiger charge is -2.05. The zero-order valence-corrected chi connectivity index (χ0v) is 9.36. The van der Waals surface area contributed by atoms with E-state index in [0.29, 0.717) is 11.5 Å². The molecule has 0 heterocycles. The Labute approximate surface area is 94.5 Å². The Morgan fingerprint density at radius 1 is 1.31 bits per heavy atom. The van der Waals surface area contributed by atoms with Crippen LogP contribution >= 0.6 is 0 Å². The molecule has 0 fully saturated rings. The van der Waals surface area contributed by atoms with Gasteiger partial charge >= 0.3 is 0 Å². The van der Waals surface area contributed by atoms with Crippen molar-refractivity contribution < 1.29 is 9.47 Å². The summed E-state index contributed by atoms with van der Waals surface area (Å²) in [5.74, 6) is 1.69. The lowest BCUT2D eigenvalue weighted by Crippen LogP contribution is -2.12. The molecule has 1 rings (SSSR count). The molecule has 0 amide bonds. The highest BCUT2D eigenvalue weighted by Gasteiger charge is 1.99. The predicted octanol–water partition coefficient (Wildman–Crippen LogP) is 1.06. The number of benzene rings is 1. The van der Waals surface area contributed by atoms with E-state index in [1.54, 1.807) is 26.5 Å². The number of hydrogen-bond acceptors (Lipinski definition) is 5. The first-order chi connectivity index (χ1) is 7.65. The monoisotopic (exact) mass is 221 g/mol. The Kier molecular flexibility index (Phi) is 4.20. The zero-order chi connectivity index (χ0) is 12.0. The number of methoxy groups -OCH3 is 2. The second-order valence-electron chi connectivity index (χ2n) is 3.04. The number of nitrogens with two attached hydrogens (primary N) is 1. The van der Waals surface area contributed by atoms with Crippen LogP contribution in [0.5, 0.6) is 11.5 Å². The maximum Gasteiger partial charge on any atom is 0.123 e. The molecule has 0 aromatic heterocycles. The lowest BCUT2D eigenvalue weighted by atomic mass is 10.2. The van der Waals surface area contributed by atoms with Gasteiger partial charge in [0.1, 0.15) is 17.3 Å². The fourth-order valence-electron chi connectivity index (χ4n) is 1.09. The molecule has 0 atom stereocenters. The van der Waals surface area contributed by atoms with E-state index in [4.69, 9.17) is 15.2 Å². The van der Waals surface area contributed by atoms with E-state index in [1.807, 2.05) is 12.1 Å². The summed E-state index contributed by atoms with van der Waals surface area (Å²) < 4.78 is 10.2. The van der Waals surface area contributed by atoms with Gasteiger partial charge in [-0.2, -0.15) is 5.10 Å². The van der Waals surface area contributed by atoms with E-state index in [9.17, 15) is 0 Å². The molecule has 5 heteroatoms. The summed E-state index contributed by atoms with van der Waals surface area (Å²) in [7, 11) is 3.19. The second kappa shape index (κ2) is 5.65. The van der Waals surface area contributed by atoms with Crippen molar-refractivity contribution in [3.63, 3.8) is 0 Å². The van der Waals surface area contributed by atoms with E-state index in [0.717, 1.165) is 5.56 Å². The van der Waals surface area contributed by atoms with Gasteiger partial charge in [0.2, 0.25) is 0 Å². The van der Waals surface area contributed by atoms with Crippen LogP contribution in [-0.4, -0.2) is 20.4 Å². The highest BCUT2D eigenvalue weighted by atomic mass is 16.5. The fourth-order valence-corrected chi connectivity index (χ4v) is 1.09. The Morgan fingerprint density at radius 3 is 2.31 bits per heavy atom. The minimum atomic E-state index is 0.283. The molecule has 0 aliphatic heterocycles. The fraction of sp³-hybridized carbons (Fsp3) is 0.182. The Morgan fingerprint density at radius 2 is 1.88 bits per heavy atom. The van der Waals surface area contributed by atoms with Gasteiger partial charge in [0.05, 0.1) is 20.4 Å². The summed E-state index contributed by atoms with van der Waals surface area (Å²) in [6, 6.07) is 5.44. The van der Waals surface area contributed by atoms with Crippen LogP contribution in [0.15, 0.2) is 35.7 Å². The molecule has 0 unspecified atom stereocenters. The number of nitrogens with one attached hydrogen (secondary N) is 1. The topological polar surface area (TPSA) is 68.9 Å². The van der Waals surface area contributed by atoms with Gasteiger partial charge < -0.3 is 15.2 Å². The molecule has 0 aliphatic rings. The van der Waals surface area contributed by atoms with Crippen LogP contribution < -0.4 is 20.6 Å². The van der Waals surface area contributed by atoms with Crippen molar-refractivity contribution in [3.8, 4) is 11.5 Å². The SMILES string of the molecule is C=C(N)N/N=C/c1cc(OC)cc(OC)c1. The van der Waals surface area contributed by atoms with Crippen LogP contribution in [-0.2, 0) is 0 Å². The smallest absolute Gasteiger partial charge is 0.123 e. The molecule has 0 saturated heterocycles. The number of hydrazone groups is 1. The van der Waals surface area contributed by atoms with E-state index >= 15 is 0 Å². The summed E-state index contributed by atoms with van der Waals surface area (Å²) in [5, 5.41) is 3.88. The van der Waals surface area contributed by atoms with Gasteiger partial charge in [-0.25, -0.2) is 0 Å². The van der Waals surface area contributed by atoms with Gasteiger partial charge in [-0.05, 0) is 12.1 Å². The minimum Gasteiger partial charge on any atom is -0.497 e. The quantitative estimate of drug-likeness (QED) is 0.576. The maximum absolute atomic E-state index is 5.30. The number of ether oxygens (including phenoxy) is 2. The third-order valence-corrected chi connectivity index (χ3v) is 1.80. The van der Waals surface area contributed by atoms with Crippen molar-refractivity contribution in [1.82, 2.24) is 5.43 Å². The molecular formula is C11H15N3O2. The van der Waals surface area contributed by atoms with Crippen LogP contribution in [0, 0.1) is 0 Å². The minimum absolute atomic E-state index is 0.283. The third kappa shape index (κ3) is 3.53. The molecule has 0 radical (unpaired) electrons. The zero-order valence-electron chi connectivity index (χ0n) is 9.36. The molecule has 86 valence electrons. The second-order valence-corrected chi connectivity index (χ2v) is 3.04. The number of hydrogen-bond donors (Lipinski definition) is 2. The average molecular weight is 221 g/mol. The van der Waals surface area contributed by atoms with Gasteiger partial charge in [0.25, 0.3) is 0 Å². The van der Waals surface area contributed by atoms with Crippen LogP contribution in [0.4, 0.5) is 0 Å². The maximum atomic E-state index is 5.30. The van der Waals surface area contributed by atoms with Crippen LogP contribution in [0.2, 0.25) is 0 Å². The van der Waals surface area contributed by atoms with Gasteiger partial charge in [0, 0.05) is 11.6 Å². The average Bonchev–Trinajstić information content (AvgIpc) is 2.28. The molecule has 0 spiro atoms. The highest BCUT2D eigenvalue weighted by Crippen LogP contribution is 2.21. The molecule has 0 saturated carbocycles. The van der Waals surface area contributed by atoms with Crippen molar-refractivity contribution in [1.29, 1.82) is 0 Å². The summed E-state index contributed by atoms with van der Waals surface area (Å²) >= 11 is 0. The first-order valence-electron chi connectivity index (χ1n) is 4.62. The molecule has 1 aromatic carbocycles. The van der Waals surface area contributed by atoms with E-state index in [2.05, 4.69) is 17.1 Å². The molecule has 5 nitrogen and oxygen atoms in total. The van der Waals surface area contributed by atoms with Crippen molar-refractivity contribution in [2.24, 2.45) is 10.8 Å². The van der Waals surface area contributed by atoms with Crippen molar-refractivity contribution in [2.75, 3.05) is 14.2 Å². The van der Waals surface area contributed by atoms with Gasteiger partial charge in [-0.15, -0.1) is 0 Å². The first kappa shape index (κ1) is 11.9. The molecule has 16 heavy (non-hydrogen) atoms. The largest absolute Gasteiger partial charge is 0.497 e. The standard InChI is InChI=1S/C11H15N3O2/c1-8(12)14-13-7-9-4-10(15-2)6-11(5-9)16-3/h4-7,14H,1,12H2,2-3H3/b13-7+. The van der Waals surface area contributed by atoms with Gasteiger partial charge in [0.15, 0.2) is 0 Å². The van der Waals surface area contributed by atoms with Crippen molar-refractivity contribution >= 4 is 6.21 Å². The molecular weight excluding hydrogens is 206 g/mol. The number of nitrogens with zero attached hydrogens (tertiary/aromatic N) is 1. The summed E-state index contributed by atoms with van der Waals surface area (Å²) in [5.41, 5.74) is 8.68. The first-order valence-corrected chi connectivity index (χ1v) is 4.62. The molecule has 1 aromatic rings. The Bertz CT molecular complexity index is 380. The summed E-state index contributed by atoms with van der Waals surface area (Å²) in [6.45, 7) is 3.46. The molecule has 0 bridgehead atoms.